The van der Waals surface area contributed by atoms with Gasteiger partial charge in [-0.25, -0.2) is 4.98 Å². The molecule has 3 aromatic rings. The van der Waals surface area contributed by atoms with E-state index in [1.807, 2.05) is 41.8 Å². The number of allylic oxidation sites excluding steroid dienone is 2. The largest absolute Gasteiger partial charge is 0.379 e. The number of rotatable bonds is 8. The predicted molar refractivity (Wildman–Crippen MR) is 138 cm³/mol. The van der Waals surface area contributed by atoms with Crippen LogP contribution in [-0.2, 0) is 4.74 Å². The number of nitrogens with one attached hydrogen (secondary N) is 1. The third-order valence-corrected chi connectivity index (χ3v) is 6.29. The summed E-state index contributed by atoms with van der Waals surface area (Å²) in [5.74, 6) is 0.316. The molecule has 1 N–H and O–H groups in total. The van der Waals surface area contributed by atoms with E-state index < -0.39 is 0 Å². The first kappa shape index (κ1) is 24.1. The van der Waals surface area contributed by atoms with Gasteiger partial charge in [-0.3, -0.25) is 14.3 Å². The zero-order chi connectivity index (χ0) is 24.8. The summed E-state index contributed by atoms with van der Waals surface area (Å²) in [6.45, 7) is 13.0. The van der Waals surface area contributed by atoms with Gasteiger partial charge in [-0.05, 0) is 36.3 Å². The van der Waals surface area contributed by atoms with Gasteiger partial charge in [-0.15, -0.1) is 0 Å². The number of nitriles is 1. The van der Waals surface area contributed by atoms with Gasteiger partial charge in [-0.1, -0.05) is 43.5 Å². The number of carbonyl (C=O) groups is 1. The van der Waals surface area contributed by atoms with Crippen LogP contribution in [0.3, 0.4) is 0 Å². The molecule has 0 bridgehead atoms. The van der Waals surface area contributed by atoms with E-state index in [0.717, 1.165) is 35.1 Å². The van der Waals surface area contributed by atoms with Gasteiger partial charge in [0.15, 0.2) is 5.82 Å². The Hall–Kier alpha value is -3.99. The fourth-order valence-electron chi connectivity index (χ4n) is 4.57. The minimum absolute atomic E-state index is 0.0474. The van der Waals surface area contributed by atoms with E-state index in [1.54, 1.807) is 30.6 Å². The van der Waals surface area contributed by atoms with E-state index in [2.05, 4.69) is 34.4 Å². The van der Waals surface area contributed by atoms with Crippen molar-refractivity contribution < 1.29 is 9.53 Å². The lowest BCUT2D eigenvalue weighted by atomic mass is 10.0. The molecule has 7 heteroatoms. The zero-order valence-corrected chi connectivity index (χ0v) is 19.9. The van der Waals surface area contributed by atoms with Gasteiger partial charge in [0.05, 0.1) is 35.9 Å². The number of fused-ring (bicyclic) bond motifs is 1. The number of amides is 1. The van der Waals surface area contributed by atoms with Gasteiger partial charge in [0, 0.05) is 37.4 Å². The summed E-state index contributed by atoms with van der Waals surface area (Å²) in [5, 5.41) is 13.6. The smallest absolute Gasteiger partial charge is 0.253 e. The van der Waals surface area contributed by atoms with Crippen molar-refractivity contribution >= 4 is 16.8 Å². The van der Waals surface area contributed by atoms with Crippen molar-refractivity contribution in [3.05, 3.63) is 96.4 Å². The second-order valence-electron chi connectivity index (χ2n) is 8.35. The fraction of sp³-hybridized carbons (Fsp3) is 0.250. The Morgan fingerprint density at radius 3 is 2.80 bits per heavy atom. The van der Waals surface area contributed by atoms with E-state index in [-0.39, 0.29) is 11.9 Å². The van der Waals surface area contributed by atoms with Gasteiger partial charge in [0.1, 0.15) is 6.07 Å². The zero-order valence-electron chi connectivity index (χ0n) is 19.9. The molecule has 1 aliphatic rings. The molecule has 2 aromatic heterocycles. The summed E-state index contributed by atoms with van der Waals surface area (Å²) in [4.78, 5) is 20.3. The van der Waals surface area contributed by atoms with Crippen molar-refractivity contribution in [3.63, 3.8) is 0 Å². The number of pyridine rings is 1. The highest BCUT2D eigenvalue weighted by molar-refractivity contribution is 6.08. The maximum Gasteiger partial charge on any atom is 0.253 e. The summed E-state index contributed by atoms with van der Waals surface area (Å²) in [5.41, 5.74) is 3.78. The molecule has 1 aromatic carbocycles. The van der Waals surface area contributed by atoms with Crippen molar-refractivity contribution in [2.75, 3.05) is 32.8 Å². The first-order chi connectivity index (χ1) is 17.1. The van der Waals surface area contributed by atoms with Crippen LogP contribution in [0.15, 0.2) is 79.7 Å². The number of ether oxygens (including phenoxy) is 1. The fourth-order valence-corrected chi connectivity index (χ4v) is 4.57. The highest BCUT2D eigenvalue weighted by Gasteiger charge is 2.25. The van der Waals surface area contributed by atoms with Crippen LogP contribution in [-0.4, -0.2) is 59.2 Å². The molecule has 7 nitrogen and oxygen atoms in total. The van der Waals surface area contributed by atoms with Crippen LogP contribution in [0, 0.1) is 18.3 Å². The second-order valence-corrected chi connectivity index (χ2v) is 8.35. The van der Waals surface area contributed by atoms with E-state index in [9.17, 15) is 10.1 Å². The highest BCUT2D eigenvalue weighted by Crippen LogP contribution is 2.28. The average Bonchev–Trinajstić information content (AvgIpc) is 3.29. The molecule has 0 radical (unpaired) electrons. The Kier molecular flexibility index (Phi) is 7.56. The number of aryl methyl sites for hydroxylation is 1. The second kappa shape index (κ2) is 11.0. The van der Waals surface area contributed by atoms with Crippen LogP contribution in [0.5, 0.6) is 0 Å². The molecule has 1 atom stereocenters. The molecule has 1 saturated heterocycles. The average molecular weight is 468 g/mol. The summed E-state index contributed by atoms with van der Waals surface area (Å²) in [7, 11) is 0. The quantitative estimate of drug-likeness (QED) is 0.508. The molecular formula is C28H29N5O2. The molecule has 1 aliphatic heterocycles. The highest BCUT2D eigenvalue weighted by atomic mass is 16.5. The van der Waals surface area contributed by atoms with Crippen LogP contribution < -0.4 is 5.32 Å². The SMILES string of the molecule is C=C/C=C(\C=C)C(CNC(=O)c1cn(-c2ncccc2C#N)c2cccc(C)c12)N1CCOCC1. The van der Waals surface area contributed by atoms with Crippen LogP contribution >= 0.6 is 0 Å². The third-order valence-electron chi connectivity index (χ3n) is 6.29. The van der Waals surface area contributed by atoms with E-state index in [1.165, 1.54) is 0 Å². The maximum absolute atomic E-state index is 13.5. The molecule has 4 rings (SSSR count). The Labute approximate surface area is 205 Å². The molecule has 1 unspecified atom stereocenters. The van der Waals surface area contributed by atoms with Crippen LogP contribution in [0.4, 0.5) is 0 Å². The number of benzene rings is 1. The molecule has 1 fully saturated rings. The summed E-state index contributed by atoms with van der Waals surface area (Å²) < 4.78 is 7.34. The van der Waals surface area contributed by atoms with Crippen LogP contribution in [0.2, 0.25) is 0 Å². The Balaban J connectivity index is 1.69. The molecule has 1 amide bonds. The molecular weight excluding hydrogens is 438 g/mol. The molecule has 0 saturated carbocycles. The number of nitrogens with zero attached hydrogens (tertiary/aromatic N) is 4. The number of hydrogen-bond acceptors (Lipinski definition) is 5. The van der Waals surface area contributed by atoms with Gasteiger partial charge in [0.2, 0.25) is 0 Å². The lowest BCUT2D eigenvalue weighted by Gasteiger charge is -2.35. The molecule has 3 heterocycles. The topological polar surface area (TPSA) is 83.2 Å². The first-order valence-corrected chi connectivity index (χ1v) is 11.6. The van der Waals surface area contributed by atoms with Gasteiger partial charge >= 0.3 is 0 Å². The molecule has 0 spiro atoms. The van der Waals surface area contributed by atoms with Gasteiger partial charge in [0.25, 0.3) is 5.91 Å². The standard InChI is InChI=1S/C28H29N5O2/c1-4-8-21(5-2)25(32-13-15-35-16-14-32)18-31-28(34)23-19-33(24-11-6-9-20(3)26(23)24)27-22(17-29)10-7-12-30-27/h4-12,19,25H,1-2,13-16,18H2,3H3,(H,31,34)/b21-8+. The predicted octanol–water partition coefficient (Wildman–Crippen LogP) is 3.93. The third kappa shape index (κ3) is 4.94. The number of hydrogen-bond donors (Lipinski definition) is 1. The monoisotopic (exact) mass is 467 g/mol. The first-order valence-electron chi connectivity index (χ1n) is 11.6. The molecule has 0 aliphatic carbocycles. The Morgan fingerprint density at radius 2 is 2.09 bits per heavy atom. The van der Waals surface area contributed by atoms with Crippen LogP contribution in [0.1, 0.15) is 21.5 Å². The minimum Gasteiger partial charge on any atom is -0.379 e. The minimum atomic E-state index is -0.183. The summed E-state index contributed by atoms with van der Waals surface area (Å²) in [6.07, 6.45) is 8.90. The van der Waals surface area contributed by atoms with E-state index >= 15 is 0 Å². The molecule has 178 valence electrons. The lowest BCUT2D eigenvalue weighted by molar-refractivity contribution is 0.0243. The van der Waals surface area contributed by atoms with E-state index in [4.69, 9.17) is 4.74 Å². The molecule has 35 heavy (non-hydrogen) atoms. The van der Waals surface area contributed by atoms with E-state index in [0.29, 0.717) is 36.7 Å². The van der Waals surface area contributed by atoms with Crippen molar-refractivity contribution in [3.8, 4) is 11.9 Å². The lowest BCUT2D eigenvalue weighted by Crippen LogP contribution is -2.49. The number of aromatic nitrogens is 2. The Bertz CT molecular complexity index is 1320. The normalized spacial score (nSPS) is 15.4. The summed E-state index contributed by atoms with van der Waals surface area (Å²) >= 11 is 0. The van der Waals surface area contributed by atoms with Crippen molar-refractivity contribution in [2.45, 2.75) is 13.0 Å². The van der Waals surface area contributed by atoms with Gasteiger partial charge < -0.3 is 10.1 Å². The van der Waals surface area contributed by atoms with Crippen LogP contribution in [0.25, 0.3) is 16.7 Å². The number of morpholine rings is 1. The van der Waals surface area contributed by atoms with Crippen molar-refractivity contribution in [1.82, 2.24) is 19.8 Å². The van der Waals surface area contributed by atoms with Crippen molar-refractivity contribution in [2.24, 2.45) is 0 Å². The maximum atomic E-state index is 13.5. The van der Waals surface area contributed by atoms with Crippen molar-refractivity contribution in [1.29, 1.82) is 5.26 Å². The summed E-state index contributed by atoms with van der Waals surface area (Å²) in [6, 6.07) is 11.5. The Morgan fingerprint density at radius 1 is 1.29 bits per heavy atom. The van der Waals surface area contributed by atoms with Gasteiger partial charge in [-0.2, -0.15) is 5.26 Å². The number of carbonyl (C=O) groups excluding carboxylic acids is 1.